The van der Waals surface area contributed by atoms with Gasteiger partial charge in [0.2, 0.25) is 0 Å². The van der Waals surface area contributed by atoms with Crippen molar-refractivity contribution in [2.75, 3.05) is 0 Å². The summed E-state index contributed by atoms with van der Waals surface area (Å²) in [4.78, 5) is 0. The molecule has 0 N–H and O–H groups in total. The first-order valence-electron chi connectivity index (χ1n) is 20.5. The van der Waals surface area contributed by atoms with E-state index in [0.717, 1.165) is 33.4 Å². The van der Waals surface area contributed by atoms with Crippen LogP contribution in [-0.4, -0.2) is 0 Å². The van der Waals surface area contributed by atoms with Crippen LogP contribution in [0.25, 0.3) is 123 Å². The minimum atomic E-state index is 1.10. The van der Waals surface area contributed by atoms with Crippen molar-refractivity contribution in [1.82, 2.24) is 0 Å². The minimum Gasteiger partial charge on any atom is -0.0985 e. The van der Waals surface area contributed by atoms with Crippen molar-refractivity contribution < 1.29 is 0 Å². The minimum absolute atomic E-state index is 1.10. The van der Waals surface area contributed by atoms with Crippen molar-refractivity contribution in [3.8, 4) is 55.6 Å². The van der Waals surface area contributed by atoms with Gasteiger partial charge in [0.05, 0.1) is 0 Å². The van der Waals surface area contributed by atoms with Crippen LogP contribution in [0, 0.1) is 0 Å². The molecule has 282 valence electrons. The standard InChI is InChI=1S/C60H42/c1-5-39-17-25-43(26-18-39)57-49-13-9-11-15-51(49)59(45-29-21-41(7-3)22-30-45)55-37-47(33-35-53(55)57)48-34-36-54-56(38-48)60(46-31-23-42(8-4)24-32-46)52-16-12-10-14-50(52)58(54)44-27-19-40(6-2)20-28-44/h5-38H,1-4H2. The molecular weight excluding hydrogens is 721 g/mol. The normalized spacial score (nSPS) is 11.3. The third-order valence-electron chi connectivity index (χ3n) is 12.1. The van der Waals surface area contributed by atoms with Crippen molar-refractivity contribution in [2.45, 2.75) is 0 Å². The van der Waals surface area contributed by atoms with Crippen LogP contribution in [-0.2, 0) is 0 Å². The fourth-order valence-corrected chi connectivity index (χ4v) is 9.10. The van der Waals surface area contributed by atoms with Crippen LogP contribution < -0.4 is 0 Å². The van der Waals surface area contributed by atoms with Gasteiger partial charge in [-0.2, -0.15) is 0 Å². The first kappa shape index (κ1) is 36.5. The molecule has 0 bridgehead atoms. The summed E-state index contributed by atoms with van der Waals surface area (Å²) in [6.45, 7) is 16.1. The highest BCUT2D eigenvalue weighted by atomic mass is 14.2. The summed E-state index contributed by atoms with van der Waals surface area (Å²) in [7, 11) is 0. The molecule has 0 spiro atoms. The van der Waals surface area contributed by atoms with E-state index in [4.69, 9.17) is 0 Å². The number of benzene rings is 10. The quantitative estimate of drug-likeness (QED) is 0.129. The molecule has 0 unspecified atom stereocenters. The molecule has 0 aromatic heterocycles. The van der Waals surface area contributed by atoms with Crippen LogP contribution in [0.5, 0.6) is 0 Å². The molecule has 10 aromatic carbocycles. The molecule has 0 amide bonds. The maximum absolute atomic E-state index is 4.02. The highest BCUT2D eigenvalue weighted by molar-refractivity contribution is 6.24. The fraction of sp³-hybridized carbons (Fsp3) is 0. The molecule has 10 aromatic rings. The van der Waals surface area contributed by atoms with Gasteiger partial charge in [-0.1, -0.05) is 220 Å². The fourth-order valence-electron chi connectivity index (χ4n) is 9.10. The van der Waals surface area contributed by atoms with Gasteiger partial charge in [0.1, 0.15) is 0 Å². The van der Waals surface area contributed by atoms with E-state index in [0.29, 0.717) is 0 Å². The summed E-state index contributed by atoms with van der Waals surface area (Å²) in [5.41, 5.74) is 16.4. The van der Waals surface area contributed by atoms with Crippen molar-refractivity contribution in [2.24, 2.45) is 0 Å². The third-order valence-corrected chi connectivity index (χ3v) is 12.1. The lowest BCUT2D eigenvalue weighted by Gasteiger charge is -2.20. The van der Waals surface area contributed by atoms with E-state index in [9.17, 15) is 0 Å². The molecule has 0 aliphatic heterocycles. The maximum Gasteiger partial charge on any atom is -0.00261 e. The second-order valence-corrected chi connectivity index (χ2v) is 15.4. The van der Waals surface area contributed by atoms with E-state index in [-0.39, 0.29) is 0 Å². The summed E-state index contributed by atoms with van der Waals surface area (Å²) in [6.07, 6.45) is 7.61. The van der Waals surface area contributed by atoms with Crippen LogP contribution in [0.4, 0.5) is 0 Å². The van der Waals surface area contributed by atoms with Gasteiger partial charge in [-0.15, -0.1) is 0 Å². The van der Waals surface area contributed by atoms with Gasteiger partial charge in [-0.3, -0.25) is 0 Å². The monoisotopic (exact) mass is 762 g/mol. The number of hydrogen-bond acceptors (Lipinski definition) is 0. The van der Waals surface area contributed by atoms with Gasteiger partial charge in [0, 0.05) is 0 Å². The van der Waals surface area contributed by atoms with E-state index >= 15 is 0 Å². The first-order valence-corrected chi connectivity index (χ1v) is 20.5. The van der Waals surface area contributed by atoms with Crippen LogP contribution in [0.2, 0.25) is 0 Å². The Kier molecular flexibility index (Phi) is 9.24. The Morgan fingerprint density at radius 3 is 0.683 bits per heavy atom. The molecule has 60 heavy (non-hydrogen) atoms. The summed E-state index contributed by atoms with van der Waals surface area (Å²) < 4.78 is 0. The molecule has 0 heterocycles. The van der Waals surface area contributed by atoms with Crippen LogP contribution in [0.3, 0.4) is 0 Å². The zero-order valence-electron chi connectivity index (χ0n) is 33.5. The van der Waals surface area contributed by atoms with Crippen molar-refractivity contribution in [3.63, 3.8) is 0 Å². The van der Waals surface area contributed by atoms with Gasteiger partial charge in [-0.05, 0) is 133 Å². The average molecular weight is 763 g/mol. The molecule has 0 nitrogen and oxygen atoms in total. The Morgan fingerprint density at radius 2 is 0.433 bits per heavy atom. The van der Waals surface area contributed by atoms with Gasteiger partial charge in [0.25, 0.3) is 0 Å². The third kappa shape index (κ3) is 6.18. The van der Waals surface area contributed by atoms with E-state index in [1.54, 1.807) is 0 Å². The molecule has 0 aliphatic rings. The van der Waals surface area contributed by atoms with E-state index in [1.165, 1.54) is 87.6 Å². The largest absolute Gasteiger partial charge is 0.0985 e. The van der Waals surface area contributed by atoms with Gasteiger partial charge >= 0.3 is 0 Å². The summed E-state index contributed by atoms with van der Waals surface area (Å²) in [5, 5.41) is 9.75. The second kappa shape index (κ2) is 15.2. The lowest BCUT2D eigenvalue weighted by molar-refractivity contribution is 1.61. The SMILES string of the molecule is C=Cc1ccc(-c2c3ccccc3c(-c3ccc(C=C)cc3)c3cc(-c4ccc5c(-c6ccc(C=C)cc6)c6ccccc6c(-c6ccc(C=C)cc6)c5c4)ccc23)cc1. The van der Waals surface area contributed by atoms with Gasteiger partial charge in [-0.25, -0.2) is 0 Å². The molecule has 0 atom stereocenters. The number of hydrogen-bond donors (Lipinski definition) is 0. The molecular formula is C60H42. The van der Waals surface area contributed by atoms with E-state index < -0.39 is 0 Å². The molecule has 0 fully saturated rings. The zero-order valence-corrected chi connectivity index (χ0v) is 33.5. The summed E-state index contributed by atoms with van der Waals surface area (Å²) >= 11 is 0. The van der Waals surface area contributed by atoms with Crippen molar-refractivity contribution in [1.29, 1.82) is 0 Å². The Morgan fingerprint density at radius 1 is 0.217 bits per heavy atom. The smallest absolute Gasteiger partial charge is 0.00261 e. The Labute approximate surface area is 352 Å². The molecule has 0 heteroatoms. The Bertz CT molecular complexity index is 3090. The van der Waals surface area contributed by atoms with Crippen LogP contribution >= 0.6 is 0 Å². The van der Waals surface area contributed by atoms with Crippen LogP contribution in [0.1, 0.15) is 22.3 Å². The molecule has 10 rings (SSSR count). The maximum atomic E-state index is 4.02. The number of rotatable bonds is 9. The van der Waals surface area contributed by atoms with Gasteiger partial charge < -0.3 is 0 Å². The predicted octanol–water partition coefficient (Wildman–Crippen LogP) is 17.2. The topological polar surface area (TPSA) is 0 Å². The highest BCUT2D eigenvalue weighted by Gasteiger charge is 2.20. The number of fused-ring (bicyclic) bond motifs is 4. The average Bonchev–Trinajstić information content (AvgIpc) is 3.32. The van der Waals surface area contributed by atoms with E-state index in [1.807, 2.05) is 24.3 Å². The predicted molar refractivity (Wildman–Crippen MR) is 264 cm³/mol. The second-order valence-electron chi connectivity index (χ2n) is 15.4. The molecule has 0 saturated heterocycles. The van der Waals surface area contributed by atoms with Crippen LogP contribution in [0.15, 0.2) is 208 Å². The summed E-state index contributed by atoms with van der Waals surface area (Å²) in [6, 6.07) is 66.9. The highest BCUT2D eigenvalue weighted by Crippen LogP contribution is 2.47. The molecule has 0 aliphatic carbocycles. The molecule has 0 saturated carbocycles. The Balaban J connectivity index is 1.28. The lowest BCUT2D eigenvalue weighted by Crippen LogP contribution is -1.93. The zero-order chi connectivity index (χ0) is 40.7. The Hall–Kier alpha value is -7.80. The first-order chi connectivity index (χ1) is 29.6. The van der Waals surface area contributed by atoms with Crippen molar-refractivity contribution in [3.05, 3.63) is 231 Å². The molecule has 0 radical (unpaired) electrons. The van der Waals surface area contributed by atoms with Gasteiger partial charge in [0.15, 0.2) is 0 Å². The lowest BCUT2D eigenvalue weighted by atomic mass is 9.83. The van der Waals surface area contributed by atoms with Crippen molar-refractivity contribution >= 4 is 67.4 Å². The van der Waals surface area contributed by atoms with E-state index in [2.05, 4.69) is 208 Å². The summed E-state index contributed by atoms with van der Waals surface area (Å²) in [5.74, 6) is 0.